The molecule has 0 aromatic carbocycles. The van der Waals surface area contributed by atoms with E-state index in [1.54, 1.807) is 24.3 Å². The van der Waals surface area contributed by atoms with Crippen LogP contribution < -0.4 is 0 Å². The average molecular weight is 1110 g/mol. The molecule has 4 atom stereocenters. The average Bonchev–Trinajstić information content (AvgIpc) is 3.42. The van der Waals surface area contributed by atoms with Gasteiger partial charge >= 0.3 is 23.9 Å². The maximum atomic E-state index is 10.4. The zero-order chi connectivity index (χ0) is 58.8. The molecule has 0 aromatic heterocycles. The van der Waals surface area contributed by atoms with E-state index in [1.807, 2.05) is 24.3 Å². The molecule has 0 radical (unpaired) electrons. The van der Waals surface area contributed by atoms with Crippen molar-refractivity contribution >= 4 is 23.9 Å². The summed E-state index contributed by atoms with van der Waals surface area (Å²) in [5.41, 5.74) is 0. The van der Waals surface area contributed by atoms with Gasteiger partial charge in [0.05, 0.1) is 0 Å². The standard InChI is InChI=1S/C18H34O3.C17H32O3.C16H30O3.C15H28O3/c1-2-3-4-5-6-7-8-9-10-11-12-13-14-15-16-17(19)18(20)21;1-2-3-4-5-6-7-8-9-10-11-12-13-14-15-16(18)17(19)20;1-2-3-4-5-6-7-8-9-10-11-12-13-14-15(17)16(18)19;1-2-3-4-5-6-7-8-9-10-11-12-13-14(16)15(17)18/h14-15,17,19H,2-13,16H2,1H3,(H,20,21);13-14,16,18H,2-12,15H2,1H3,(H,19,20);12-13,15,17H,2-11,14H2,1H3,(H,18,19);11-12,14,16H,2-10,13H2,1H3,(H,17,18). The molecule has 0 aliphatic rings. The van der Waals surface area contributed by atoms with Crippen LogP contribution in [0.15, 0.2) is 48.6 Å². The quantitative estimate of drug-likeness (QED) is 0.0210. The molecule has 0 aromatic rings. The Morgan fingerprint density at radius 2 is 0.359 bits per heavy atom. The molecule has 0 aliphatic carbocycles. The second kappa shape index (κ2) is 69.8. The van der Waals surface area contributed by atoms with E-state index in [-0.39, 0.29) is 25.7 Å². The van der Waals surface area contributed by atoms with E-state index in [2.05, 4.69) is 27.7 Å². The molecule has 0 heterocycles. The molecule has 78 heavy (non-hydrogen) atoms. The SMILES string of the molecule is CCCCCCCCCCC=CCC(O)C(=O)O.CCCCCCCCCCCC=CCC(O)C(=O)O.CCCCCCCCCCCCC=CCC(O)C(=O)O.CCCCCCCCCCCCCC=CCC(O)C(=O)O. The first-order chi connectivity index (χ1) is 37.7. The van der Waals surface area contributed by atoms with Gasteiger partial charge in [0.25, 0.3) is 0 Å². The minimum absolute atomic E-state index is 0.215. The van der Waals surface area contributed by atoms with Gasteiger partial charge in [-0.15, -0.1) is 0 Å². The lowest BCUT2D eigenvalue weighted by Gasteiger charge is -2.02. The number of carboxylic acids is 4. The van der Waals surface area contributed by atoms with Crippen LogP contribution in [0.5, 0.6) is 0 Å². The molecule has 0 fully saturated rings. The van der Waals surface area contributed by atoms with Crippen LogP contribution in [-0.2, 0) is 19.2 Å². The van der Waals surface area contributed by atoms with Crippen molar-refractivity contribution in [2.75, 3.05) is 0 Å². The van der Waals surface area contributed by atoms with E-state index >= 15 is 0 Å². The zero-order valence-electron chi connectivity index (χ0n) is 50.7. The van der Waals surface area contributed by atoms with Gasteiger partial charge in [-0.05, 0) is 51.4 Å². The second-order valence-corrected chi connectivity index (χ2v) is 21.4. The van der Waals surface area contributed by atoms with Crippen molar-refractivity contribution in [1.82, 2.24) is 0 Å². The normalized spacial score (nSPS) is 12.9. The summed E-state index contributed by atoms with van der Waals surface area (Å²) >= 11 is 0. The van der Waals surface area contributed by atoms with E-state index in [9.17, 15) is 19.2 Å². The molecule has 0 saturated heterocycles. The fourth-order valence-corrected chi connectivity index (χ4v) is 8.42. The molecule has 0 spiro atoms. The molecule has 4 unspecified atom stereocenters. The van der Waals surface area contributed by atoms with Crippen LogP contribution in [0.4, 0.5) is 0 Å². The Bertz CT molecular complexity index is 1380. The van der Waals surface area contributed by atoms with Gasteiger partial charge in [0.2, 0.25) is 0 Å². The maximum Gasteiger partial charge on any atom is 0.332 e. The Balaban J connectivity index is -0.000000469. The number of rotatable bonds is 54. The fourth-order valence-electron chi connectivity index (χ4n) is 8.42. The van der Waals surface area contributed by atoms with Gasteiger partial charge in [0.1, 0.15) is 0 Å². The number of carbonyl (C=O) groups is 4. The van der Waals surface area contributed by atoms with Gasteiger partial charge in [-0.3, -0.25) is 0 Å². The minimum atomic E-state index is -1.25. The van der Waals surface area contributed by atoms with Crippen molar-refractivity contribution in [2.24, 2.45) is 0 Å². The predicted molar refractivity (Wildman–Crippen MR) is 326 cm³/mol. The zero-order valence-corrected chi connectivity index (χ0v) is 50.7. The van der Waals surface area contributed by atoms with Crippen molar-refractivity contribution in [3.8, 4) is 0 Å². The highest BCUT2D eigenvalue weighted by Crippen LogP contribution is 2.15. The Morgan fingerprint density at radius 1 is 0.231 bits per heavy atom. The van der Waals surface area contributed by atoms with Gasteiger partial charge in [-0.2, -0.15) is 0 Å². The Hall–Kier alpha value is -3.32. The lowest BCUT2D eigenvalue weighted by Crippen LogP contribution is -2.17. The van der Waals surface area contributed by atoms with Crippen LogP contribution in [0.2, 0.25) is 0 Å². The maximum absolute atomic E-state index is 10.4. The molecule has 12 heteroatoms. The Labute approximate surface area is 478 Å². The summed E-state index contributed by atoms with van der Waals surface area (Å²) in [4.78, 5) is 41.4. The predicted octanol–water partition coefficient (Wildman–Crippen LogP) is 18.0. The van der Waals surface area contributed by atoms with Crippen LogP contribution in [0.3, 0.4) is 0 Å². The smallest absolute Gasteiger partial charge is 0.332 e. The van der Waals surface area contributed by atoms with Gasteiger partial charge in [-0.25, -0.2) is 19.2 Å². The van der Waals surface area contributed by atoms with Crippen LogP contribution in [-0.4, -0.2) is 89.1 Å². The number of hydrogen-bond donors (Lipinski definition) is 8. The molecule has 12 nitrogen and oxygen atoms in total. The molecule has 460 valence electrons. The number of aliphatic hydroxyl groups excluding tert-OH is 4. The highest BCUT2D eigenvalue weighted by Gasteiger charge is 2.12. The molecule has 0 amide bonds. The third kappa shape index (κ3) is 74.8. The third-order valence-corrected chi connectivity index (χ3v) is 13.6. The van der Waals surface area contributed by atoms with Crippen LogP contribution >= 0.6 is 0 Å². The van der Waals surface area contributed by atoms with E-state index in [0.717, 1.165) is 51.4 Å². The van der Waals surface area contributed by atoms with Gasteiger partial charge in [0.15, 0.2) is 24.4 Å². The summed E-state index contributed by atoms with van der Waals surface area (Å²) in [7, 11) is 0. The van der Waals surface area contributed by atoms with E-state index in [4.69, 9.17) is 40.9 Å². The van der Waals surface area contributed by atoms with Crippen molar-refractivity contribution in [1.29, 1.82) is 0 Å². The first-order valence-electron chi connectivity index (χ1n) is 32.0. The summed E-state index contributed by atoms with van der Waals surface area (Å²) in [6, 6.07) is 0. The number of carboxylic acid groups (broad SMARTS) is 4. The topological polar surface area (TPSA) is 230 Å². The Kier molecular flexibility index (Phi) is 72.6. The number of unbranched alkanes of at least 4 members (excludes halogenated alkanes) is 38. The van der Waals surface area contributed by atoms with E-state index in [1.165, 1.54) is 218 Å². The highest BCUT2D eigenvalue weighted by atomic mass is 16.4. The fraction of sp³-hybridized carbons (Fsp3) is 0.818. The first kappa shape index (κ1) is 81.2. The van der Waals surface area contributed by atoms with E-state index in [0.29, 0.717) is 0 Å². The van der Waals surface area contributed by atoms with Crippen molar-refractivity contribution in [3.63, 3.8) is 0 Å². The van der Waals surface area contributed by atoms with Crippen LogP contribution in [0, 0.1) is 0 Å². The number of allylic oxidation sites excluding steroid dienone is 4. The number of hydrogen-bond acceptors (Lipinski definition) is 8. The molecular weight excluding hydrogens is 985 g/mol. The molecular formula is C66H124O12. The van der Waals surface area contributed by atoms with Gasteiger partial charge < -0.3 is 40.9 Å². The minimum Gasteiger partial charge on any atom is -0.479 e. The van der Waals surface area contributed by atoms with E-state index < -0.39 is 48.3 Å². The summed E-state index contributed by atoms with van der Waals surface area (Å²) < 4.78 is 0. The lowest BCUT2D eigenvalue weighted by atomic mass is 10.1. The molecule has 0 saturated carbocycles. The van der Waals surface area contributed by atoms with Crippen LogP contribution in [0.1, 0.15) is 323 Å². The monoisotopic (exact) mass is 1110 g/mol. The van der Waals surface area contributed by atoms with Crippen molar-refractivity contribution in [2.45, 2.75) is 347 Å². The molecule has 0 rings (SSSR count). The Morgan fingerprint density at radius 3 is 0.487 bits per heavy atom. The van der Waals surface area contributed by atoms with Gasteiger partial charge in [-0.1, -0.05) is 295 Å². The summed E-state index contributed by atoms with van der Waals surface area (Å²) in [6.07, 6.45) is 65.1. The second-order valence-electron chi connectivity index (χ2n) is 21.4. The summed E-state index contributed by atoms with van der Waals surface area (Å²) in [6.45, 7) is 8.97. The molecule has 0 aliphatic heterocycles. The summed E-state index contributed by atoms with van der Waals surface area (Å²) in [5.74, 6) is -4.58. The number of aliphatic carboxylic acids is 4. The first-order valence-corrected chi connectivity index (χ1v) is 32.0. The van der Waals surface area contributed by atoms with Gasteiger partial charge in [0, 0.05) is 25.7 Å². The van der Waals surface area contributed by atoms with Crippen molar-refractivity contribution < 1.29 is 60.0 Å². The highest BCUT2D eigenvalue weighted by molar-refractivity contribution is 5.73. The lowest BCUT2D eigenvalue weighted by molar-refractivity contribution is -0.147. The number of aliphatic hydroxyl groups is 4. The summed E-state index contributed by atoms with van der Waals surface area (Å²) in [5, 5.41) is 70.1. The molecule has 8 N–H and O–H groups in total. The third-order valence-electron chi connectivity index (χ3n) is 13.6. The largest absolute Gasteiger partial charge is 0.479 e. The van der Waals surface area contributed by atoms with Crippen LogP contribution in [0.25, 0.3) is 0 Å². The van der Waals surface area contributed by atoms with Crippen molar-refractivity contribution in [3.05, 3.63) is 48.6 Å². The molecule has 0 bridgehead atoms.